The molecule has 5 nitrogen and oxygen atoms in total. The van der Waals surface area contributed by atoms with Gasteiger partial charge < -0.3 is 9.84 Å². The highest BCUT2D eigenvalue weighted by Crippen LogP contribution is 2.43. The first-order valence-electron chi connectivity index (χ1n) is 8.85. The molecule has 0 saturated heterocycles. The molecule has 0 bridgehead atoms. The van der Waals surface area contributed by atoms with E-state index in [1.807, 2.05) is 0 Å². The Morgan fingerprint density at radius 2 is 2.04 bits per heavy atom. The minimum atomic E-state index is -4.87. The minimum absolute atomic E-state index is 0.307. The molecule has 8 heteroatoms. The molecular weight excluding hydrogens is 371 g/mol. The molecule has 1 aliphatic rings. The number of aromatic nitrogens is 2. The molecule has 0 amide bonds. The summed E-state index contributed by atoms with van der Waals surface area (Å²) in [5, 5.41) is 17.8. The number of halogens is 3. The molecule has 2 atom stereocenters. The first-order chi connectivity index (χ1) is 13.4. The number of ether oxygens (including phenoxy) is 1. The van der Waals surface area contributed by atoms with E-state index in [9.17, 15) is 18.3 Å². The van der Waals surface area contributed by atoms with Gasteiger partial charge in [0.25, 0.3) is 0 Å². The monoisotopic (exact) mass is 389 g/mol. The van der Waals surface area contributed by atoms with Crippen molar-refractivity contribution in [2.24, 2.45) is 4.99 Å². The van der Waals surface area contributed by atoms with E-state index in [1.54, 1.807) is 42.5 Å². The minimum Gasteiger partial charge on any atom is -0.493 e. The van der Waals surface area contributed by atoms with E-state index >= 15 is 0 Å². The predicted octanol–water partition coefficient (Wildman–Crippen LogP) is 4.52. The Balaban J connectivity index is 1.67. The molecule has 1 aliphatic heterocycles. The lowest BCUT2D eigenvalue weighted by atomic mass is 9.82. The van der Waals surface area contributed by atoms with Crippen LogP contribution >= 0.6 is 0 Å². The highest BCUT2D eigenvalue weighted by atomic mass is 19.4. The van der Waals surface area contributed by atoms with E-state index < -0.39 is 24.1 Å². The van der Waals surface area contributed by atoms with Crippen molar-refractivity contribution in [3.05, 3.63) is 54.2 Å². The van der Waals surface area contributed by atoms with Crippen LogP contribution < -0.4 is 4.74 Å². The fourth-order valence-electron chi connectivity index (χ4n) is 3.49. The van der Waals surface area contributed by atoms with Crippen LogP contribution in [0.15, 0.2) is 53.7 Å². The van der Waals surface area contributed by atoms with Crippen molar-refractivity contribution in [3.63, 3.8) is 0 Å². The fourth-order valence-corrected chi connectivity index (χ4v) is 3.49. The average Bonchev–Trinajstić information content (AvgIpc) is 3.15. The smallest absolute Gasteiger partial charge is 0.422 e. The lowest BCUT2D eigenvalue weighted by Crippen LogP contribution is -2.48. The van der Waals surface area contributed by atoms with Gasteiger partial charge in [-0.1, -0.05) is 24.3 Å². The normalized spacial score (nSPS) is 19.4. The predicted molar refractivity (Wildman–Crippen MR) is 99.2 cm³/mol. The molecule has 28 heavy (non-hydrogen) atoms. The maximum absolute atomic E-state index is 13.8. The van der Waals surface area contributed by atoms with E-state index in [-0.39, 0.29) is 0 Å². The number of nitrogens with one attached hydrogen (secondary N) is 1. The maximum Gasteiger partial charge on any atom is 0.422 e. The second kappa shape index (κ2) is 6.94. The van der Waals surface area contributed by atoms with Crippen LogP contribution in [0.4, 0.5) is 18.9 Å². The van der Waals surface area contributed by atoms with E-state index in [0.717, 1.165) is 0 Å². The molecular formula is C20H18F3N3O2. The number of fused-ring (bicyclic) bond motifs is 2. The first-order valence-corrected chi connectivity index (χ1v) is 8.85. The first kappa shape index (κ1) is 18.5. The van der Waals surface area contributed by atoms with Crippen LogP contribution in [0.5, 0.6) is 5.75 Å². The SMILES string of the molecule is OC(C=Nc1cccc2[nH]ncc12)(CC1CCOc2ccccc21)C(F)(F)F. The molecule has 1 aromatic heterocycles. The summed E-state index contributed by atoms with van der Waals surface area (Å²) in [6, 6.07) is 12.0. The van der Waals surface area contributed by atoms with Crippen molar-refractivity contribution in [3.8, 4) is 5.75 Å². The third-order valence-electron chi connectivity index (χ3n) is 5.01. The van der Waals surface area contributed by atoms with E-state index in [0.29, 0.717) is 47.1 Å². The van der Waals surface area contributed by atoms with Crippen LogP contribution in [0.25, 0.3) is 10.9 Å². The van der Waals surface area contributed by atoms with Crippen molar-refractivity contribution >= 4 is 22.8 Å². The lowest BCUT2D eigenvalue weighted by molar-refractivity contribution is -0.232. The molecule has 0 radical (unpaired) electrons. The number of hydrogen-bond acceptors (Lipinski definition) is 4. The van der Waals surface area contributed by atoms with Crippen molar-refractivity contribution in [1.82, 2.24) is 10.2 Å². The van der Waals surface area contributed by atoms with Crippen LogP contribution in [0.2, 0.25) is 0 Å². The van der Waals surface area contributed by atoms with Crippen LogP contribution in [-0.4, -0.2) is 39.9 Å². The van der Waals surface area contributed by atoms with Gasteiger partial charge in [-0.25, -0.2) is 0 Å². The van der Waals surface area contributed by atoms with Gasteiger partial charge in [0.1, 0.15) is 5.75 Å². The molecule has 146 valence electrons. The summed E-state index contributed by atoms with van der Waals surface area (Å²) < 4.78 is 46.9. The number of rotatable bonds is 4. The standard InChI is InChI=1S/C20H18F3N3O2/c21-20(22,23)19(27,10-13-8-9-28-18-7-2-1-4-14(13)18)12-24-16-5-3-6-17-15(16)11-25-26-17/h1-7,11-13,27H,8-10H2,(H,25,26). The molecule has 4 rings (SSSR count). The summed E-state index contributed by atoms with van der Waals surface area (Å²) in [7, 11) is 0. The lowest BCUT2D eigenvalue weighted by Gasteiger charge is -2.33. The summed E-state index contributed by atoms with van der Waals surface area (Å²) >= 11 is 0. The van der Waals surface area contributed by atoms with Gasteiger partial charge in [-0.2, -0.15) is 18.3 Å². The number of hydrogen-bond donors (Lipinski definition) is 2. The zero-order valence-electron chi connectivity index (χ0n) is 14.8. The Hall–Kier alpha value is -2.87. The Kier molecular flexibility index (Phi) is 4.58. The van der Waals surface area contributed by atoms with Crippen LogP contribution in [-0.2, 0) is 0 Å². The zero-order valence-corrected chi connectivity index (χ0v) is 14.8. The Labute approximate surface area is 158 Å². The number of nitrogens with zero attached hydrogens (tertiary/aromatic N) is 2. The summed E-state index contributed by atoms with van der Waals surface area (Å²) in [6.45, 7) is 0.307. The Morgan fingerprint density at radius 1 is 1.21 bits per heavy atom. The number of aromatic amines is 1. The van der Waals surface area contributed by atoms with E-state index in [2.05, 4.69) is 15.2 Å². The number of aliphatic hydroxyl groups is 1. The van der Waals surface area contributed by atoms with Gasteiger partial charge in [0, 0.05) is 11.6 Å². The van der Waals surface area contributed by atoms with Crippen LogP contribution in [0.1, 0.15) is 24.3 Å². The molecule has 0 fully saturated rings. The van der Waals surface area contributed by atoms with Gasteiger partial charge in [-0.15, -0.1) is 0 Å². The molecule has 2 unspecified atom stereocenters. The van der Waals surface area contributed by atoms with Crippen molar-refractivity contribution in [2.75, 3.05) is 6.61 Å². The van der Waals surface area contributed by atoms with Crippen LogP contribution in [0, 0.1) is 0 Å². The largest absolute Gasteiger partial charge is 0.493 e. The second-order valence-corrected chi connectivity index (χ2v) is 6.86. The summed E-state index contributed by atoms with van der Waals surface area (Å²) in [5.41, 5.74) is -1.43. The number of aliphatic imine (C=N–C) groups is 1. The van der Waals surface area contributed by atoms with Crippen molar-refractivity contribution in [1.29, 1.82) is 0 Å². The molecule has 0 saturated carbocycles. The highest BCUT2D eigenvalue weighted by Gasteiger charge is 2.54. The van der Waals surface area contributed by atoms with Gasteiger partial charge in [0.05, 0.1) is 24.0 Å². The molecule has 2 heterocycles. The number of alkyl halides is 3. The molecule has 2 aromatic carbocycles. The molecule has 0 spiro atoms. The van der Waals surface area contributed by atoms with Gasteiger partial charge in [-0.3, -0.25) is 10.1 Å². The summed E-state index contributed by atoms with van der Waals surface area (Å²) in [5.74, 6) is 0.0659. The van der Waals surface area contributed by atoms with Crippen LogP contribution in [0.3, 0.4) is 0 Å². The zero-order chi connectivity index (χ0) is 19.8. The average molecular weight is 389 g/mol. The number of para-hydroxylation sites is 1. The number of H-pyrrole nitrogens is 1. The third-order valence-corrected chi connectivity index (χ3v) is 5.01. The highest BCUT2D eigenvalue weighted by molar-refractivity contribution is 5.91. The van der Waals surface area contributed by atoms with Gasteiger partial charge in [-0.05, 0) is 42.5 Å². The quantitative estimate of drug-likeness (QED) is 0.645. The number of benzene rings is 2. The third kappa shape index (κ3) is 3.35. The Bertz CT molecular complexity index is 1020. The Morgan fingerprint density at radius 3 is 2.86 bits per heavy atom. The van der Waals surface area contributed by atoms with Gasteiger partial charge in [0.15, 0.2) is 5.60 Å². The summed E-state index contributed by atoms with van der Waals surface area (Å²) in [4.78, 5) is 3.98. The van der Waals surface area contributed by atoms with E-state index in [1.165, 1.54) is 6.20 Å². The van der Waals surface area contributed by atoms with Gasteiger partial charge >= 0.3 is 6.18 Å². The summed E-state index contributed by atoms with van der Waals surface area (Å²) in [6.07, 6.45) is -2.91. The van der Waals surface area contributed by atoms with Crippen molar-refractivity contribution in [2.45, 2.75) is 30.5 Å². The molecule has 0 aliphatic carbocycles. The van der Waals surface area contributed by atoms with Crippen molar-refractivity contribution < 1.29 is 23.0 Å². The van der Waals surface area contributed by atoms with E-state index in [4.69, 9.17) is 4.74 Å². The molecule has 2 N–H and O–H groups in total. The van der Waals surface area contributed by atoms with Gasteiger partial charge in [0.2, 0.25) is 0 Å². The maximum atomic E-state index is 13.8. The molecule has 3 aromatic rings. The second-order valence-electron chi connectivity index (χ2n) is 6.86. The fraction of sp³-hybridized carbons (Fsp3) is 0.300. The topological polar surface area (TPSA) is 70.5 Å².